The molecule has 5 nitrogen and oxygen atoms in total. The highest BCUT2D eigenvalue weighted by Crippen LogP contribution is 2.27. The quantitative estimate of drug-likeness (QED) is 0.394. The fraction of sp³-hybridized carbons (Fsp3) is 0.355. The van der Waals surface area contributed by atoms with Crippen molar-refractivity contribution in [2.24, 2.45) is 5.73 Å². The van der Waals surface area contributed by atoms with Crippen molar-refractivity contribution < 1.29 is 18.4 Å². The van der Waals surface area contributed by atoms with Gasteiger partial charge in [-0.25, -0.2) is 8.78 Å². The molecule has 200 valence electrons. The lowest BCUT2D eigenvalue weighted by Crippen LogP contribution is -2.51. The molecule has 1 saturated carbocycles. The molecule has 7 heteroatoms. The Morgan fingerprint density at radius 3 is 2.21 bits per heavy atom. The molecule has 4 rings (SSSR count). The van der Waals surface area contributed by atoms with Crippen molar-refractivity contribution in [3.63, 3.8) is 0 Å². The van der Waals surface area contributed by atoms with Gasteiger partial charge in [-0.15, -0.1) is 0 Å². The van der Waals surface area contributed by atoms with E-state index in [2.05, 4.69) is 26.1 Å². The van der Waals surface area contributed by atoms with Crippen molar-refractivity contribution in [3.8, 4) is 0 Å². The molecule has 0 aromatic heterocycles. The lowest BCUT2D eigenvalue weighted by molar-refractivity contribution is 0.0582. The van der Waals surface area contributed by atoms with Crippen molar-refractivity contribution in [2.75, 3.05) is 5.32 Å². The summed E-state index contributed by atoms with van der Waals surface area (Å²) in [5.41, 5.74) is 9.39. The number of nitrogens with two attached hydrogens (primary N) is 1. The Kier molecular flexibility index (Phi) is 8.26. The third kappa shape index (κ3) is 6.64. The van der Waals surface area contributed by atoms with E-state index in [0.717, 1.165) is 48.6 Å². The normalized spacial score (nSPS) is 17.6. The minimum Gasteiger partial charge on any atom is -0.330 e. The van der Waals surface area contributed by atoms with Crippen molar-refractivity contribution in [3.05, 3.63) is 101 Å². The third-order valence-electron chi connectivity index (χ3n) is 7.10. The van der Waals surface area contributed by atoms with E-state index in [1.54, 1.807) is 17.0 Å². The molecule has 0 radical (unpaired) electrons. The van der Waals surface area contributed by atoms with Crippen LogP contribution in [0.25, 0.3) is 0 Å². The van der Waals surface area contributed by atoms with Gasteiger partial charge in [0.25, 0.3) is 11.8 Å². The molecule has 2 unspecified atom stereocenters. The molecule has 3 aromatic carbocycles. The zero-order chi connectivity index (χ0) is 27.4. The van der Waals surface area contributed by atoms with E-state index < -0.39 is 17.5 Å². The first-order valence-electron chi connectivity index (χ1n) is 13.0. The molecule has 1 fully saturated rings. The first kappa shape index (κ1) is 27.5. The van der Waals surface area contributed by atoms with Crippen LogP contribution in [-0.4, -0.2) is 28.8 Å². The predicted molar refractivity (Wildman–Crippen MR) is 146 cm³/mol. The predicted octanol–water partition coefficient (Wildman–Crippen LogP) is 6.43. The molecule has 0 bridgehead atoms. The van der Waals surface area contributed by atoms with Gasteiger partial charge < -0.3 is 16.0 Å². The van der Waals surface area contributed by atoms with Crippen LogP contribution in [0.4, 0.5) is 14.5 Å². The Balaban J connectivity index is 1.55. The lowest BCUT2D eigenvalue weighted by Gasteiger charge is -2.38. The number of hydrogen-bond donors (Lipinski definition) is 2. The van der Waals surface area contributed by atoms with Gasteiger partial charge in [-0.1, -0.05) is 57.9 Å². The van der Waals surface area contributed by atoms with Gasteiger partial charge in [0.05, 0.1) is 0 Å². The number of anilines is 1. The minimum atomic E-state index is -0.804. The summed E-state index contributed by atoms with van der Waals surface area (Å²) in [7, 11) is 0. The van der Waals surface area contributed by atoms with E-state index in [1.165, 1.54) is 0 Å². The summed E-state index contributed by atoms with van der Waals surface area (Å²) >= 11 is 0. The van der Waals surface area contributed by atoms with Crippen LogP contribution in [0.1, 0.15) is 78.3 Å². The average molecular weight is 520 g/mol. The summed E-state index contributed by atoms with van der Waals surface area (Å²) < 4.78 is 27.8. The van der Waals surface area contributed by atoms with Gasteiger partial charge in [0.1, 0.15) is 11.6 Å². The summed E-state index contributed by atoms with van der Waals surface area (Å²) in [5, 5.41) is 2.93. The molecular formula is C31H35F2N3O2. The van der Waals surface area contributed by atoms with Crippen LogP contribution < -0.4 is 11.1 Å². The number of amides is 2. The van der Waals surface area contributed by atoms with Crippen LogP contribution in [-0.2, 0) is 12.0 Å². The maximum absolute atomic E-state index is 13.9. The SMILES string of the molecule is CC(C)(C)c1ccc(C(=O)Nc2cccc(CN(C(=O)c3cc(F)cc(F)c3)C3CCCCC3N)c2)cc1. The second-order valence-corrected chi connectivity index (χ2v) is 11.1. The first-order chi connectivity index (χ1) is 18.0. The van der Waals surface area contributed by atoms with Crippen LogP contribution in [0, 0.1) is 11.6 Å². The summed E-state index contributed by atoms with van der Waals surface area (Å²) in [4.78, 5) is 28.0. The molecular weight excluding hydrogens is 484 g/mol. The van der Waals surface area contributed by atoms with Gasteiger partial charge in [-0.3, -0.25) is 9.59 Å². The standard InChI is InChI=1S/C31H35F2N3O2/c1-31(2,3)23-13-11-21(12-14-23)29(37)35-26-8-6-7-20(15-26)19-36(28-10-5-4-9-27(28)34)30(38)22-16-24(32)18-25(33)17-22/h6-8,11-18,27-28H,4-5,9-10,19,34H2,1-3H3,(H,35,37). The molecule has 0 saturated heterocycles. The Bertz CT molecular complexity index is 1280. The molecule has 0 aliphatic heterocycles. The lowest BCUT2D eigenvalue weighted by atomic mass is 9.87. The zero-order valence-electron chi connectivity index (χ0n) is 22.1. The Morgan fingerprint density at radius 2 is 1.58 bits per heavy atom. The van der Waals surface area contributed by atoms with E-state index >= 15 is 0 Å². The highest BCUT2D eigenvalue weighted by atomic mass is 19.1. The molecule has 0 heterocycles. The van der Waals surface area contributed by atoms with E-state index in [-0.39, 0.29) is 35.5 Å². The summed E-state index contributed by atoms with van der Waals surface area (Å²) in [6, 6.07) is 17.1. The van der Waals surface area contributed by atoms with E-state index in [1.807, 2.05) is 36.4 Å². The highest BCUT2D eigenvalue weighted by molar-refractivity contribution is 6.04. The number of rotatable bonds is 6. The van der Waals surface area contributed by atoms with Crippen molar-refractivity contribution >= 4 is 17.5 Å². The van der Waals surface area contributed by atoms with Crippen LogP contribution in [0.15, 0.2) is 66.7 Å². The highest BCUT2D eigenvalue weighted by Gasteiger charge is 2.32. The van der Waals surface area contributed by atoms with Crippen LogP contribution >= 0.6 is 0 Å². The Labute approximate surface area is 223 Å². The third-order valence-corrected chi connectivity index (χ3v) is 7.10. The summed E-state index contributed by atoms with van der Waals surface area (Å²) in [5.74, 6) is -2.32. The van der Waals surface area contributed by atoms with E-state index in [4.69, 9.17) is 5.73 Å². The maximum Gasteiger partial charge on any atom is 0.255 e. The number of benzene rings is 3. The summed E-state index contributed by atoms with van der Waals surface area (Å²) in [6.07, 6.45) is 3.39. The monoisotopic (exact) mass is 519 g/mol. The average Bonchev–Trinajstić information content (AvgIpc) is 2.86. The molecule has 3 aromatic rings. The van der Waals surface area contributed by atoms with Crippen LogP contribution in [0.5, 0.6) is 0 Å². The number of hydrogen-bond acceptors (Lipinski definition) is 3. The molecule has 3 N–H and O–H groups in total. The smallest absolute Gasteiger partial charge is 0.255 e. The van der Waals surface area contributed by atoms with Crippen LogP contribution in [0.2, 0.25) is 0 Å². The molecule has 1 aliphatic carbocycles. The van der Waals surface area contributed by atoms with Crippen LogP contribution in [0.3, 0.4) is 0 Å². The van der Waals surface area contributed by atoms with Crippen molar-refractivity contribution in [2.45, 2.75) is 70.5 Å². The zero-order valence-corrected chi connectivity index (χ0v) is 22.1. The first-order valence-corrected chi connectivity index (χ1v) is 13.0. The van der Waals surface area contributed by atoms with Gasteiger partial charge in [0, 0.05) is 41.5 Å². The number of carbonyl (C=O) groups is 2. The molecule has 2 atom stereocenters. The largest absolute Gasteiger partial charge is 0.330 e. The topological polar surface area (TPSA) is 75.4 Å². The molecule has 1 aliphatic rings. The molecule has 38 heavy (non-hydrogen) atoms. The van der Waals surface area contributed by atoms with Gasteiger partial charge in [-0.05, 0) is 65.8 Å². The van der Waals surface area contributed by atoms with E-state index in [0.29, 0.717) is 17.7 Å². The Hall–Kier alpha value is -3.58. The van der Waals surface area contributed by atoms with Gasteiger partial charge in [0.2, 0.25) is 0 Å². The summed E-state index contributed by atoms with van der Waals surface area (Å²) in [6.45, 7) is 6.55. The number of nitrogens with one attached hydrogen (secondary N) is 1. The van der Waals surface area contributed by atoms with Gasteiger partial charge in [0.15, 0.2) is 0 Å². The maximum atomic E-state index is 13.9. The molecule has 0 spiro atoms. The van der Waals surface area contributed by atoms with Gasteiger partial charge in [-0.2, -0.15) is 0 Å². The second kappa shape index (κ2) is 11.4. The number of nitrogens with zero attached hydrogens (tertiary/aromatic N) is 1. The fourth-order valence-corrected chi connectivity index (χ4v) is 4.98. The second-order valence-electron chi connectivity index (χ2n) is 11.1. The van der Waals surface area contributed by atoms with Crippen molar-refractivity contribution in [1.82, 2.24) is 4.90 Å². The van der Waals surface area contributed by atoms with Crippen molar-refractivity contribution in [1.29, 1.82) is 0 Å². The van der Waals surface area contributed by atoms with E-state index in [9.17, 15) is 18.4 Å². The fourth-order valence-electron chi connectivity index (χ4n) is 4.98. The Morgan fingerprint density at radius 1 is 0.921 bits per heavy atom. The number of halogens is 2. The number of carbonyl (C=O) groups excluding carboxylic acids is 2. The van der Waals surface area contributed by atoms with Gasteiger partial charge >= 0.3 is 0 Å². The minimum absolute atomic E-state index is 0.00912. The molecule has 2 amide bonds.